The molecule has 242 valence electrons. The summed E-state index contributed by atoms with van der Waals surface area (Å²) in [5.41, 5.74) is 12.2. The number of nitrogens with zero attached hydrogens (tertiary/aromatic N) is 3. The van der Waals surface area contributed by atoms with Crippen LogP contribution in [0.5, 0.6) is 0 Å². The molecule has 2 heterocycles. The maximum atomic E-state index is 5.35. The molecule has 0 bridgehead atoms. The molecule has 10 rings (SSSR count). The first-order valence-electron chi connectivity index (χ1n) is 18.0. The fourth-order valence-electron chi connectivity index (χ4n) is 9.09. The third-order valence-corrected chi connectivity index (χ3v) is 11.7. The van der Waals surface area contributed by atoms with Crippen LogP contribution in [-0.2, 0) is 11.0 Å². The molecule has 0 saturated heterocycles. The van der Waals surface area contributed by atoms with E-state index in [1.807, 2.05) is 0 Å². The number of aromatic nitrogens is 3. The van der Waals surface area contributed by atoms with E-state index in [1.165, 1.54) is 54.9 Å². The van der Waals surface area contributed by atoms with E-state index in [9.17, 15) is 0 Å². The van der Waals surface area contributed by atoms with Gasteiger partial charge in [-0.25, -0.2) is 9.97 Å². The molecule has 2 aromatic heterocycles. The summed E-state index contributed by atoms with van der Waals surface area (Å²) in [6, 6.07) is 37.6. The van der Waals surface area contributed by atoms with Crippen LogP contribution in [0.25, 0.3) is 65.9 Å². The highest BCUT2D eigenvalue weighted by atomic mass is 15.1. The van der Waals surface area contributed by atoms with Crippen molar-refractivity contribution in [2.45, 2.75) is 51.5 Å². The van der Waals surface area contributed by atoms with Crippen LogP contribution < -0.4 is 0 Å². The fraction of sp³-hybridized carbons (Fsp3) is 0.191. The Labute approximate surface area is 293 Å². The first-order valence-corrected chi connectivity index (χ1v) is 18.0. The van der Waals surface area contributed by atoms with Crippen LogP contribution in [0.4, 0.5) is 0 Å². The first-order chi connectivity index (χ1) is 24.3. The van der Waals surface area contributed by atoms with Crippen molar-refractivity contribution < 1.29 is 0 Å². The van der Waals surface area contributed by atoms with Gasteiger partial charge in [-0.05, 0) is 83.0 Å². The Hall–Kier alpha value is -5.54. The van der Waals surface area contributed by atoms with E-state index in [-0.39, 0.29) is 11.0 Å². The Balaban J connectivity index is 1.07. The van der Waals surface area contributed by atoms with Crippen molar-refractivity contribution in [3.8, 4) is 11.3 Å². The summed E-state index contributed by atoms with van der Waals surface area (Å²) in [5, 5.41) is 6.28. The lowest BCUT2D eigenvalue weighted by Gasteiger charge is -2.32. The highest BCUT2D eigenvalue weighted by Gasteiger charge is 2.38. The van der Waals surface area contributed by atoms with Crippen LogP contribution in [-0.4, -0.2) is 14.5 Å². The van der Waals surface area contributed by atoms with Gasteiger partial charge in [0.25, 0.3) is 0 Å². The molecule has 0 amide bonds. The summed E-state index contributed by atoms with van der Waals surface area (Å²) in [6.45, 7) is 9.41. The van der Waals surface area contributed by atoms with E-state index in [4.69, 9.17) is 9.97 Å². The SMILES string of the molecule is CC1C=CC2=C(C1)c1ccc(-c3nc(C4=CCC(C)(n5c6ccccc6c6c7ccccc7ccc65)C=C4)nc4ccccc34)cc1C2(C)C. The molecule has 2 unspecified atom stereocenters. The molecule has 0 spiro atoms. The molecule has 3 heteroatoms. The van der Waals surface area contributed by atoms with Crippen molar-refractivity contribution in [3.63, 3.8) is 0 Å². The van der Waals surface area contributed by atoms with E-state index in [0.717, 1.165) is 46.4 Å². The monoisotopic (exact) mass is 645 g/mol. The summed E-state index contributed by atoms with van der Waals surface area (Å²) < 4.78 is 2.54. The van der Waals surface area contributed by atoms with Gasteiger partial charge in [0, 0.05) is 38.2 Å². The molecule has 7 aromatic rings. The molecule has 3 aliphatic carbocycles. The molecule has 0 saturated carbocycles. The quantitative estimate of drug-likeness (QED) is 0.191. The number of allylic oxidation sites excluding steroid dienone is 8. The lowest BCUT2D eigenvalue weighted by atomic mass is 9.79. The number of hydrogen-bond donors (Lipinski definition) is 0. The first kappa shape index (κ1) is 29.4. The van der Waals surface area contributed by atoms with Gasteiger partial charge in [-0.3, -0.25) is 0 Å². The lowest BCUT2D eigenvalue weighted by molar-refractivity contribution is 0.438. The standard InChI is InChI=1S/C47H39N3/c1-29-17-21-38-37(27-29)34-20-18-32(28-39(34)46(38,2)3)44-35-13-7-9-15-40(35)48-45(49-44)31-23-25-47(4,26-24-31)50-41-16-10-8-14-36(41)43-33-12-6-5-11-30(33)19-22-42(43)50/h5-25,28-29H,26-27H2,1-4H3. The van der Waals surface area contributed by atoms with Crippen molar-refractivity contribution >= 4 is 54.6 Å². The molecule has 2 atom stereocenters. The van der Waals surface area contributed by atoms with Gasteiger partial charge in [-0.2, -0.15) is 0 Å². The number of benzene rings is 5. The number of para-hydroxylation sites is 2. The number of rotatable bonds is 3. The van der Waals surface area contributed by atoms with Crippen molar-refractivity contribution in [1.82, 2.24) is 14.5 Å². The molecule has 3 nitrogen and oxygen atoms in total. The summed E-state index contributed by atoms with van der Waals surface area (Å²) in [5.74, 6) is 1.34. The van der Waals surface area contributed by atoms with Crippen LogP contribution >= 0.6 is 0 Å². The predicted molar refractivity (Wildman–Crippen MR) is 210 cm³/mol. The molecule has 50 heavy (non-hydrogen) atoms. The van der Waals surface area contributed by atoms with Gasteiger partial charge in [-0.1, -0.05) is 130 Å². The van der Waals surface area contributed by atoms with Gasteiger partial charge in [0.2, 0.25) is 0 Å². The molecule has 0 radical (unpaired) electrons. The van der Waals surface area contributed by atoms with E-state index in [1.54, 1.807) is 0 Å². The van der Waals surface area contributed by atoms with E-state index in [0.29, 0.717) is 5.92 Å². The van der Waals surface area contributed by atoms with Crippen LogP contribution in [0.2, 0.25) is 0 Å². The maximum Gasteiger partial charge on any atom is 0.160 e. The third kappa shape index (κ3) is 4.16. The van der Waals surface area contributed by atoms with E-state index >= 15 is 0 Å². The third-order valence-electron chi connectivity index (χ3n) is 11.7. The summed E-state index contributed by atoms with van der Waals surface area (Å²) in [6.07, 6.45) is 13.6. The van der Waals surface area contributed by atoms with Gasteiger partial charge < -0.3 is 4.57 Å². The van der Waals surface area contributed by atoms with Crippen molar-refractivity contribution in [2.24, 2.45) is 5.92 Å². The fourth-order valence-corrected chi connectivity index (χ4v) is 9.09. The Kier molecular flexibility index (Phi) is 6.16. The van der Waals surface area contributed by atoms with E-state index < -0.39 is 0 Å². The topological polar surface area (TPSA) is 30.7 Å². The second-order valence-electron chi connectivity index (χ2n) is 15.3. The van der Waals surface area contributed by atoms with Crippen molar-refractivity contribution in [3.05, 3.63) is 156 Å². The van der Waals surface area contributed by atoms with Crippen molar-refractivity contribution in [1.29, 1.82) is 0 Å². The van der Waals surface area contributed by atoms with Gasteiger partial charge in [0.1, 0.15) is 0 Å². The molecule has 0 fully saturated rings. The van der Waals surface area contributed by atoms with Gasteiger partial charge in [-0.15, -0.1) is 0 Å². The molecule has 3 aliphatic rings. The summed E-state index contributed by atoms with van der Waals surface area (Å²) in [7, 11) is 0. The zero-order valence-corrected chi connectivity index (χ0v) is 29.0. The highest BCUT2D eigenvalue weighted by molar-refractivity contribution is 6.20. The molecule has 0 N–H and O–H groups in total. The Morgan fingerprint density at radius 2 is 1.52 bits per heavy atom. The lowest BCUT2D eigenvalue weighted by Crippen LogP contribution is -2.28. The Morgan fingerprint density at radius 1 is 0.740 bits per heavy atom. The second-order valence-corrected chi connectivity index (χ2v) is 15.3. The van der Waals surface area contributed by atoms with Crippen LogP contribution in [0.1, 0.15) is 57.5 Å². The molecular weight excluding hydrogens is 607 g/mol. The highest BCUT2D eigenvalue weighted by Crippen LogP contribution is 2.52. The average molecular weight is 646 g/mol. The molecule has 5 aromatic carbocycles. The maximum absolute atomic E-state index is 5.35. The number of fused-ring (bicyclic) bond motifs is 8. The summed E-state index contributed by atoms with van der Waals surface area (Å²) >= 11 is 0. The van der Waals surface area contributed by atoms with Gasteiger partial charge >= 0.3 is 0 Å². The van der Waals surface area contributed by atoms with Crippen LogP contribution in [0.3, 0.4) is 0 Å². The molecular formula is C47H39N3. The average Bonchev–Trinajstić information content (AvgIpc) is 3.60. The minimum absolute atomic E-state index is 0.0405. The Morgan fingerprint density at radius 3 is 2.36 bits per heavy atom. The largest absolute Gasteiger partial charge is 0.331 e. The molecule has 0 aliphatic heterocycles. The second kappa shape index (κ2) is 10.5. The van der Waals surface area contributed by atoms with Crippen LogP contribution in [0, 0.1) is 5.92 Å². The minimum atomic E-state index is -0.253. The summed E-state index contributed by atoms with van der Waals surface area (Å²) in [4.78, 5) is 10.5. The normalized spacial score (nSPS) is 21.0. The van der Waals surface area contributed by atoms with Crippen LogP contribution in [0.15, 0.2) is 139 Å². The van der Waals surface area contributed by atoms with Crippen molar-refractivity contribution in [2.75, 3.05) is 0 Å². The van der Waals surface area contributed by atoms with E-state index in [2.05, 4.69) is 166 Å². The predicted octanol–water partition coefficient (Wildman–Crippen LogP) is 12.0. The smallest absolute Gasteiger partial charge is 0.160 e. The minimum Gasteiger partial charge on any atom is -0.331 e. The van der Waals surface area contributed by atoms with Gasteiger partial charge in [0.05, 0.1) is 22.3 Å². The number of hydrogen-bond acceptors (Lipinski definition) is 2. The zero-order chi connectivity index (χ0) is 33.8. The zero-order valence-electron chi connectivity index (χ0n) is 29.0. The Bertz CT molecular complexity index is 2710. The van der Waals surface area contributed by atoms with Gasteiger partial charge in [0.15, 0.2) is 5.82 Å².